The minimum absolute atomic E-state index is 0.00384. The molecule has 1 aromatic heterocycles. The Kier molecular flexibility index (Phi) is 6.23. The normalized spacial score (nSPS) is 12.2. The molecule has 0 aliphatic rings. The van der Waals surface area contributed by atoms with Gasteiger partial charge < -0.3 is 15.1 Å². The van der Waals surface area contributed by atoms with Gasteiger partial charge in [-0.2, -0.15) is 4.73 Å². The molecular formula is C26H26N2O4. The van der Waals surface area contributed by atoms with Gasteiger partial charge in [-0.05, 0) is 35.7 Å². The first-order valence-corrected chi connectivity index (χ1v) is 10.7. The van der Waals surface area contributed by atoms with Gasteiger partial charge in [-0.3, -0.25) is 9.36 Å². The average molecular weight is 431 g/mol. The van der Waals surface area contributed by atoms with Crippen molar-refractivity contribution in [3.8, 4) is 17.0 Å². The molecule has 0 radical (unpaired) electrons. The number of benzene rings is 3. The highest BCUT2D eigenvalue weighted by molar-refractivity contribution is 5.73. The Labute approximate surface area is 186 Å². The molecule has 0 spiro atoms. The third-order valence-electron chi connectivity index (χ3n) is 5.45. The maximum absolute atomic E-state index is 13.3. The molecule has 0 bridgehead atoms. The lowest BCUT2D eigenvalue weighted by Gasteiger charge is -2.19. The van der Waals surface area contributed by atoms with Crippen LogP contribution in [0.15, 0.2) is 83.7 Å². The third-order valence-corrected chi connectivity index (χ3v) is 5.45. The lowest BCUT2D eigenvalue weighted by atomic mass is 10.0. The van der Waals surface area contributed by atoms with Crippen LogP contribution in [0.25, 0.3) is 22.3 Å². The number of aliphatic hydroxyl groups is 1. The van der Waals surface area contributed by atoms with Crippen molar-refractivity contribution in [1.82, 2.24) is 4.57 Å². The van der Waals surface area contributed by atoms with Crippen LogP contribution in [0.5, 0.6) is 5.75 Å². The van der Waals surface area contributed by atoms with Crippen molar-refractivity contribution in [3.63, 3.8) is 0 Å². The monoisotopic (exact) mass is 430 g/mol. The summed E-state index contributed by atoms with van der Waals surface area (Å²) in [4.78, 5) is 13.3. The summed E-state index contributed by atoms with van der Waals surface area (Å²) in [5, 5.41) is 23.8. The van der Waals surface area contributed by atoms with Crippen molar-refractivity contribution in [2.45, 2.75) is 32.4 Å². The second-order valence-electron chi connectivity index (χ2n) is 8.07. The first kappa shape index (κ1) is 21.6. The number of nitrogens with zero attached hydrogens (tertiary/aromatic N) is 2. The number of aromatic nitrogens is 2. The lowest BCUT2D eigenvalue weighted by molar-refractivity contribution is -0.566. The molecular weight excluding hydrogens is 404 g/mol. The van der Waals surface area contributed by atoms with Crippen LogP contribution in [0, 0.1) is 5.21 Å². The summed E-state index contributed by atoms with van der Waals surface area (Å²) in [5.74, 6) is 0.999. The summed E-state index contributed by atoms with van der Waals surface area (Å²) in [6, 6.07) is 23.5. The predicted molar refractivity (Wildman–Crippen MR) is 125 cm³/mol. The van der Waals surface area contributed by atoms with Crippen molar-refractivity contribution in [2.24, 2.45) is 0 Å². The number of ether oxygens (including phenoxy) is 1. The van der Waals surface area contributed by atoms with E-state index in [0.717, 1.165) is 5.56 Å². The molecule has 0 saturated carbocycles. The minimum Gasteiger partial charge on any atom is -0.618 e. The molecule has 1 atom stereocenters. The smallest absolute Gasteiger partial charge is 0.325 e. The molecule has 4 rings (SSSR count). The molecule has 0 fully saturated rings. The Bertz CT molecular complexity index is 1280. The average Bonchev–Trinajstić information content (AvgIpc) is 2.81. The van der Waals surface area contributed by atoms with E-state index in [1.165, 1.54) is 4.57 Å². The first-order valence-electron chi connectivity index (χ1n) is 10.7. The van der Waals surface area contributed by atoms with E-state index in [-0.39, 0.29) is 24.8 Å². The Hall–Kier alpha value is -3.64. The summed E-state index contributed by atoms with van der Waals surface area (Å²) in [6.45, 7) is 4.19. The fourth-order valence-electron chi connectivity index (χ4n) is 3.87. The van der Waals surface area contributed by atoms with Gasteiger partial charge in [0.1, 0.15) is 24.0 Å². The Balaban J connectivity index is 1.68. The predicted octanol–water partition coefficient (Wildman–Crippen LogP) is 3.87. The SMILES string of the molecule is CC(C)c1ccccc1OC[C@@H](O)Cn1c(=O)c(-c2ccccc2)[n+]([O-])c2ccccc21. The van der Waals surface area contributed by atoms with E-state index in [0.29, 0.717) is 27.1 Å². The van der Waals surface area contributed by atoms with E-state index < -0.39 is 11.7 Å². The van der Waals surface area contributed by atoms with Crippen LogP contribution >= 0.6 is 0 Å². The Morgan fingerprint density at radius 3 is 2.38 bits per heavy atom. The fourth-order valence-corrected chi connectivity index (χ4v) is 3.87. The molecule has 0 amide bonds. The molecule has 1 heterocycles. The largest absolute Gasteiger partial charge is 0.618 e. The molecule has 32 heavy (non-hydrogen) atoms. The maximum atomic E-state index is 13.3. The van der Waals surface area contributed by atoms with Crippen LogP contribution < -0.4 is 15.0 Å². The van der Waals surface area contributed by atoms with Crippen LogP contribution in [-0.2, 0) is 6.54 Å². The van der Waals surface area contributed by atoms with Crippen LogP contribution in [0.2, 0.25) is 0 Å². The number of hydrogen-bond acceptors (Lipinski definition) is 4. The van der Waals surface area contributed by atoms with Gasteiger partial charge in [-0.15, -0.1) is 0 Å². The summed E-state index contributed by atoms with van der Waals surface area (Å²) in [6.07, 6.45) is -0.942. The second kappa shape index (κ2) is 9.24. The molecule has 0 aliphatic heterocycles. The fraction of sp³-hybridized carbons (Fsp3) is 0.231. The van der Waals surface area contributed by atoms with Crippen molar-refractivity contribution in [2.75, 3.05) is 6.61 Å². The van der Waals surface area contributed by atoms with Crippen molar-refractivity contribution < 1.29 is 14.6 Å². The number of rotatable bonds is 7. The summed E-state index contributed by atoms with van der Waals surface area (Å²) in [7, 11) is 0. The maximum Gasteiger partial charge on any atom is 0.325 e. The van der Waals surface area contributed by atoms with E-state index in [9.17, 15) is 15.1 Å². The topological polar surface area (TPSA) is 78.4 Å². The second-order valence-corrected chi connectivity index (χ2v) is 8.07. The Morgan fingerprint density at radius 1 is 0.969 bits per heavy atom. The highest BCUT2D eigenvalue weighted by atomic mass is 16.5. The zero-order chi connectivity index (χ0) is 22.7. The van der Waals surface area contributed by atoms with Gasteiger partial charge in [0.2, 0.25) is 5.52 Å². The quantitative estimate of drug-likeness (QED) is 0.357. The molecule has 164 valence electrons. The highest BCUT2D eigenvalue weighted by Crippen LogP contribution is 2.26. The van der Waals surface area contributed by atoms with E-state index in [1.54, 1.807) is 48.5 Å². The Morgan fingerprint density at radius 2 is 1.62 bits per heavy atom. The summed E-state index contributed by atoms with van der Waals surface area (Å²) >= 11 is 0. The summed E-state index contributed by atoms with van der Waals surface area (Å²) in [5.41, 5.74) is 2.00. The number of para-hydroxylation sites is 3. The minimum atomic E-state index is -0.942. The van der Waals surface area contributed by atoms with Crippen LogP contribution in [0.4, 0.5) is 0 Å². The van der Waals surface area contributed by atoms with Gasteiger partial charge in [0.05, 0.1) is 12.1 Å². The molecule has 6 heteroatoms. The highest BCUT2D eigenvalue weighted by Gasteiger charge is 2.23. The van der Waals surface area contributed by atoms with Gasteiger partial charge in [-0.25, -0.2) is 0 Å². The molecule has 0 unspecified atom stereocenters. The molecule has 6 nitrogen and oxygen atoms in total. The van der Waals surface area contributed by atoms with Gasteiger partial charge in [0.15, 0.2) is 0 Å². The number of aliphatic hydroxyl groups excluding tert-OH is 1. The zero-order valence-corrected chi connectivity index (χ0v) is 18.1. The van der Waals surface area contributed by atoms with Gasteiger partial charge >= 0.3 is 5.56 Å². The van der Waals surface area contributed by atoms with E-state index in [1.807, 2.05) is 30.3 Å². The van der Waals surface area contributed by atoms with Gasteiger partial charge in [0.25, 0.3) is 5.69 Å². The van der Waals surface area contributed by atoms with E-state index in [4.69, 9.17) is 4.74 Å². The molecule has 0 saturated heterocycles. The first-order chi connectivity index (χ1) is 15.5. The van der Waals surface area contributed by atoms with Crippen LogP contribution in [-0.4, -0.2) is 22.4 Å². The standard InChI is InChI=1S/C26H26N2O4/c1-18(2)21-12-6-9-15-24(21)32-17-20(29)16-27-22-13-7-8-14-23(22)28(31)25(26(27)30)19-10-4-3-5-11-19/h3-15,18,20,29H,16-17H2,1-2H3/t20-/m0/s1. The molecule has 4 aromatic rings. The molecule has 0 aliphatic carbocycles. The molecule has 1 N–H and O–H groups in total. The van der Waals surface area contributed by atoms with Crippen molar-refractivity contribution in [3.05, 3.63) is 100.0 Å². The van der Waals surface area contributed by atoms with Gasteiger partial charge in [0, 0.05) is 6.07 Å². The number of fused-ring (bicyclic) bond motifs is 1. The number of hydrogen-bond donors (Lipinski definition) is 1. The van der Waals surface area contributed by atoms with E-state index in [2.05, 4.69) is 13.8 Å². The summed E-state index contributed by atoms with van der Waals surface area (Å²) < 4.78 is 8.02. The van der Waals surface area contributed by atoms with Crippen LogP contribution in [0.3, 0.4) is 0 Å². The zero-order valence-electron chi connectivity index (χ0n) is 18.1. The lowest BCUT2D eigenvalue weighted by Crippen LogP contribution is -2.42. The van der Waals surface area contributed by atoms with Crippen LogP contribution in [0.1, 0.15) is 25.3 Å². The third kappa shape index (κ3) is 4.22. The van der Waals surface area contributed by atoms with E-state index >= 15 is 0 Å². The molecule has 3 aromatic carbocycles. The van der Waals surface area contributed by atoms with Crippen molar-refractivity contribution in [1.29, 1.82) is 0 Å². The van der Waals surface area contributed by atoms with Crippen molar-refractivity contribution >= 4 is 11.0 Å². The van der Waals surface area contributed by atoms with Gasteiger partial charge in [-0.1, -0.05) is 62.4 Å².